The highest BCUT2D eigenvalue weighted by atomic mass is 19.1. The fourth-order valence-corrected chi connectivity index (χ4v) is 4.96. The summed E-state index contributed by atoms with van der Waals surface area (Å²) in [5.41, 5.74) is 3.84. The first-order valence-corrected chi connectivity index (χ1v) is 13.2. The van der Waals surface area contributed by atoms with E-state index in [4.69, 9.17) is 4.42 Å². The molecule has 40 heavy (non-hydrogen) atoms. The number of fused-ring (bicyclic) bond motifs is 1. The molecule has 1 saturated heterocycles. The Kier molecular flexibility index (Phi) is 7.79. The van der Waals surface area contributed by atoms with E-state index >= 15 is 8.78 Å². The second-order valence-electron chi connectivity index (χ2n) is 9.89. The number of anilines is 2. The number of hydrogen-bond donors (Lipinski definition) is 2. The van der Waals surface area contributed by atoms with Crippen LogP contribution < -0.4 is 10.6 Å². The van der Waals surface area contributed by atoms with Gasteiger partial charge in [0.15, 0.2) is 5.58 Å². The zero-order chi connectivity index (χ0) is 28.4. The normalized spacial score (nSPS) is 14.0. The van der Waals surface area contributed by atoms with Gasteiger partial charge in [-0.2, -0.15) is 4.98 Å². The highest BCUT2D eigenvalue weighted by molar-refractivity contribution is 5.96. The number of nitrogens with one attached hydrogen (secondary N) is 2. The van der Waals surface area contributed by atoms with Gasteiger partial charge in [0.2, 0.25) is 5.91 Å². The van der Waals surface area contributed by atoms with Gasteiger partial charge in [-0.15, -0.1) is 0 Å². The maximum Gasteiger partial charge on any atom is 0.300 e. The van der Waals surface area contributed by atoms with E-state index < -0.39 is 11.6 Å². The van der Waals surface area contributed by atoms with E-state index in [1.807, 2.05) is 24.8 Å². The van der Waals surface area contributed by atoms with Crippen molar-refractivity contribution in [3.05, 3.63) is 76.9 Å². The van der Waals surface area contributed by atoms with Crippen LogP contribution in [0.15, 0.2) is 52.9 Å². The fraction of sp³-hybridized carbons (Fsp3) is 0.300. The molecule has 5 rings (SSSR count). The summed E-state index contributed by atoms with van der Waals surface area (Å²) in [5, 5.41) is 5.90. The average Bonchev–Trinajstić information content (AvgIpc) is 3.33. The minimum Gasteiger partial charge on any atom is -0.423 e. The SMILES string of the molecule is CCNC(=O)c1ccc(Nc2nc3cccc(-c4cc(F)c(CN5CCN(C(C)=O)CC5)c(F)c4)c3o2)cc1C. The number of oxazole rings is 1. The van der Waals surface area contributed by atoms with Gasteiger partial charge in [-0.25, -0.2) is 8.78 Å². The van der Waals surface area contributed by atoms with Crippen molar-refractivity contribution >= 4 is 34.6 Å². The van der Waals surface area contributed by atoms with Gasteiger partial charge in [0.25, 0.3) is 11.9 Å². The molecule has 0 atom stereocenters. The summed E-state index contributed by atoms with van der Waals surface area (Å²) in [6, 6.07) is 13.4. The van der Waals surface area contributed by atoms with Crippen LogP contribution in [0.1, 0.15) is 35.3 Å². The van der Waals surface area contributed by atoms with E-state index in [9.17, 15) is 9.59 Å². The summed E-state index contributed by atoms with van der Waals surface area (Å²) in [7, 11) is 0. The standard InChI is InChI=1S/C30H31F2N5O3/c1-4-33-29(39)22-9-8-21(14-18(22)2)34-30-35-27-7-5-6-23(28(27)40-30)20-15-25(31)24(26(32)16-20)17-36-10-12-37(13-11-36)19(3)38/h5-9,14-16H,4,10-13,17H2,1-3H3,(H,33,39)(H,34,35). The summed E-state index contributed by atoms with van der Waals surface area (Å²) in [6.45, 7) is 8.10. The average molecular weight is 548 g/mol. The first kappa shape index (κ1) is 27.3. The summed E-state index contributed by atoms with van der Waals surface area (Å²) in [4.78, 5) is 31.9. The van der Waals surface area contributed by atoms with Gasteiger partial charge in [-0.05, 0) is 61.4 Å². The number of nitrogens with zero attached hydrogens (tertiary/aromatic N) is 3. The number of rotatable bonds is 7. The number of hydrogen-bond acceptors (Lipinski definition) is 6. The van der Waals surface area contributed by atoms with Crippen LogP contribution in [-0.2, 0) is 11.3 Å². The molecule has 1 aromatic heterocycles. The molecule has 208 valence electrons. The minimum atomic E-state index is -0.637. The molecule has 3 aromatic carbocycles. The molecule has 2 amide bonds. The minimum absolute atomic E-state index is 0.00133. The molecule has 0 spiro atoms. The third-order valence-electron chi connectivity index (χ3n) is 7.13. The number of para-hydroxylation sites is 1. The van der Waals surface area contributed by atoms with Gasteiger partial charge in [-0.3, -0.25) is 14.5 Å². The van der Waals surface area contributed by atoms with Crippen molar-refractivity contribution in [2.75, 3.05) is 38.0 Å². The Morgan fingerprint density at radius 3 is 2.40 bits per heavy atom. The number of carbonyl (C=O) groups excluding carboxylic acids is 2. The molecule has 10 heteroatoms. The van der Waals surface area contributed by atoms with Crippen molar-refractivity contribution in [3.8, 4) is 11.1 Å². The van der Waals surface area contributed by atoms with Crippen LogP contribution in [0.5, 0.6) is 0 Å². The van der Waals surface area contributed by atoms with Crippen molar-refractivity contribution in [1.82, 2.24) is 20.1 Å². The smallest absolute Gasteiger partial charge is 0.300 e. The lowest BCUT2D eigenvalue weighted by atomic mass is 10.0. The number of benzene rings is 3. The van der Waals surface area contributed by atoms with Crippen molar-refractivity contribution in [3.63, 3.8) is 0 Å². The Bertz CT molecular complexity index is 1550. The quantitative estimate of drug-likeness (QED) is 0.329. The van der Waals surface area contributed by atoms with Gasteiger partial charge >= 0.3 is 0 Å². The van der Waals surface area contributed by atoms with Crippen LogP contribution in [0.25, 0.3) is 22.2 Å². The molecule has 0 bridgehead atoms. The Labute approximate surface area is 231 Å². The molecule has 2 heterocycles. The molecule has 8 nitrogen and oxygen atoms in total. The Morgan fingerprint density at radius 1 is 1.02 bits per heavy atom. The largest absolute Gasteiger partial charge is 0.423 e. The number of aromatic nitrogens is 1. The molecule has 0 radical (unpaired) electrons. The number of carbonyl (C=O) groups is 2. The summed E-state index contributed by atoms with van der Waals surface area (Å²) in [6.07, 6.45) is 0. The monoisotopic (exact) mass is 547 g/mol. The Balaban J connectivity index is 1.36. The fourth-order valence-electron chi connectivity index (χ4n) is 4.96. The molecule has 1 aliphatic heterocycles. The zero-order valence-electron chi connectivity index (χ0n) is 22.7. The van der Waals surface area contributed by atoms with Crippen LogP contribution >= 0.6 is 0 Å². The topological polar surface area (TPSA) is 90.7 Å². The first-order valence-electron chi connectivity index (χ1n) is 13.2. The molecule has 1 fully saturated rings. The predicted molar refractivity (Wildman–Crippen MR) is 149 cm³/mol. The number of amides is 2. The summed E-state index contributed by atoms with van der Waals surface area (Å²) < 4.78 is 36.4. The maximum atomic E-state index is 15.2. The van der Waals surface area contributed by atoms with E-state index in [2.05, 4.69) is 15.6 Å². The second-order valence-corrected chi connectivity index (χ2v) is 9.89. The van der Waals surface area contributed by atoms with Crippen LogP contribution in [-0.4, -0.2) is 59.3 Å². The molecule has 0 aliphatic carbocycles. The third-order valence-corrected chi connectivity index (χ3v) is 7.13. The number of aryl methyl sites for hydroxylation is 1. The summed E-state index contributed by atoms with van der Waals surface area (Å²) >= 11 is 0. The number of halogens is 2. The molecule has 2 N–H and O–H groups in total. The van der Waals surface area contributed by atoms with Crippen LogP contribution in [0.4, 0.5) is 20.5 Å². The molecular formula is C30H31F2N5O3. The lowest BCUT2D eigenvalue weighted by Crippen LogP contribution is -2.47. The van der Waals surface area contributed by atoms with Crippen molar-refractivity contribution in [2.45, 2.75) is 27.3 Å². The van der Waals surface area contributed by atoms with E-state index in [0.717, 1.165) is 5.56 Å². The van der Waals surface area contributed by atoms with Crippen LogP contribution in [0.2, 0.25) is 0 Å². The maximum absolute atomic E-state index is 15.2. The summed E-state index contributed by atoms with van der Waals surface area (Å²) in [5.74, 6) is -1.41. The van der Waals surface area contributed by atoms with Gasteiger partial charge in [0, 0.05) is 68.6 Å². The van der Waals surface area contributed by atoms with E-state index in [1.165, 1.54) is 19.1 Å². The highest BCUT2D eigenvalue weighted by Gasteiger charge is 2.22. The molecule has 0 saturated carbocycles. The van der Waals surface area contributed by atoms with Crippen molar-refractivity contribution in [1.29, 1.82) is 0 Å². The van der Waals surface area contributed by atoms with Gasteiger partial charge in [0.1, 0.15) is 17.2 Å². The lowest BCUT2D eigenvalue weighted by Gasteiger charge is -2.34. The first-order chi connectivity index (χ1) is 19.2. The Morgan fingerprint density at radius 2 is 1.75 bits per heavy atom. The molecule has 4 aromatic rings. The third kappa shape index (κ3) is 5.67. The molecular weight excluding hydrogens is 516 g/mol. The van der Waals surface area contributed by atoms with Crippen molar-refractivity contribution < 1.29 is 22.8 Å². The molecule has 0 unspecified atom stereocenters. The van der Waals surface area contributed by atoms with Crippen LogP contribution in [0, 0.1) is 18.6 Å². The van der Waals surface area contributed by atoms with Gasteiger partial charge in [0.05, 0.1) is 0 Å². The zero-order valence-corrected chi connectivity index (χ0v) is 22.7. The van der Waals surface area contributed by atoms with E-state index in [-0.39, 0.29) is 29.9 Å². The second kappa shape index (κ2) is 11.4. The van der Waals surface area contributed by atoms with Crippen molar-refractivity contribution in [2.24, 2.45) is 0 Å². The van der Waals surface area contributed by atoms with Crippen LogP contribution in [0.3, 0.4) is 0 Å². The lowest BCUT2D eigenvalue weighted by molar-refractivity contribution is -0.130. The Hall–Kier alpha value is -4.31. The number of piperazine rings is 1. The van der Waals surface area contributed by atoms with E-state index in [1.54, 1.807) is 35.2 Å². The molecule has 1 aliphatic rings. The highest BCUT2D eigenvalue weighted by Crippen LogP contribution is 2.34. The van der Waals surface area contributed by atoms with Gasteiger partial charge < -0.3 is 20.0 Å². The van der Waals surface area contributed by atoms with Gasteiger partial charge in [-0.1, -0.05) is 12.1 Å². The van der Waals surface area contributed by atoms with E-state index in [0.29, 0.717) is 66.2 Å². The predicted octanol–water partition coefficient (Wildman–Crippen LogP) is 5.24.